The minimum Gasteiger partial charge on any atom is -0.481 e. The Bertz CT molecular complexity index is 480. The maximum atomic E-state index is 12.3. The zero-order valence-corrected chi connectivity index (χ0v) is 15.4. The highest BCUT2D eigenvalue weighted by Gasteiger charge is 2.31. The Morgan fingerprint density at radius 3 is 2.64 bits per heavy atom. The summed E-state index contributed by atoms with van der Waals surface area (Å²) in [6.45, 7) is 9.21. The van der Waals surface area contributed by atoms with Crippen molar-refractivity contribution in [3.63, 3.8) is 0 Å². The maximum Gasteiger partial charge on any atom is 0.303 e. The first-order valence-electron chi connectivity index (χ1n) is 7.56. The summed E-state index contributed by atoms with van der Waals surface area (Å²) in [6.07, 6.45) is 4.42. The lowest BCUT2D eigenvalue weighted by Gasteiger charge is -2.22. The molecule has 0 aliphatic carbocycles. The van der Waals surface area contributed by atoms with Gasteiger partial charge >= 0.3 is 5.97 Å². The molecule has 1 rings (SSSR count). The number of allylic oxidation sites excluding steroid dienone is 1. The number of carboxylic acids is 1. The fourth-order valence-corrected chi connectivity index (χ4v) is 3.85. The molecule has 1 fully saturated rings. The second-order valence-electron chi connectivity index (χ2n) is 7.00. The third-order valence-corrected chi connectivity index (χ3v) is 4.74. The molecular weight excluding hydrogens is 318 g/mol. The lowest BCUT2D eigenvalue weighted by Crippen LogP contribution is -2.29. The van der Waals surface area contributed by atoms with Crippen molar-refractivity contribution in [3.8, 4) is 0 Å². The van der Waals surface area contributed by atoms with Gasteiger partial charge in [-0.3, -0.25) is 14.5 Å². The largest absolute Gasteiger partial charge is 0.481 e. The van der Waals surface area contributed by atoms with Crippen LogP contribution in [0, 0.1) is 11.3 Å². The third-order valence-electron chi connectivity index (χ3n) is 3.31. The molecule has 124 valence electrons. The molecule has 1 unspecified atom stereocenters. The summed E-state index contributed by atoms with van der Waals surface area (Å²) in [5.41, 5.74) is 0.281. The highest BCUT2D eigenvalue weighted by Crippen LogP contribution is 2.33. The molecule has 1 amide bonds. The van der Waals surface area contributed by atoms with Crippen LogP contribution in [0.5, 0.6) is 0 Å². The minimum absolute atomic E-state index is 0.0543. The summed E-state index contributed by atoms with van der Waals surface area (Å²) in [5, 5.41) is 8.66. The van der Waals surface area contributed by atoms with Gasteiger partial charge in [-0.25, -0.2) is 0 Å². The molecular formula is C16H25NO3S2. The predicted octanol–water partition coefficient (Wildman–Crippen LogP) is 4.06. The van der Waals surface area contributed by atoms with Gasteiger partial charge in [0.05, 0.1) is 4.91 Å². The molecule has 1 aliphatic heterocycles. The number of aliphatic carboxylic acids is 1. The topological polar surface area (TPSA) is 57.6 Å². The van der Waals surface area contributed by atoms with E-state index in [9.17, 15) is 9.59 Å². The number of nitrogens with zero attached hydrogens (tertiary/aromatic N) is 1. The summed E-state index contributed by atoms with van der Waals surface area (Å²) in [5.74, 6) is -0.420. The van der Waals surface area contributed by atoms with Crippen LogP contribution in [-0.4, -0.2) is 32.7 Å². The van der Waals surface area contributed by atoms with E-state index >= 15 is 0 Å². The van der Waals surface area contributed by atoms with Crippen molar-refractivity contribution in [2.75, 3.05) is 6.54 Å². The van der Waals surface area contributed by atoms with Crippen molar-refractivity contribution in [1.82, 2.24) is 4.90 Å². The van der Waals surface area contributed by atoms with Crippen LogP contribution in [0.25, 0.3) is 0 Å². The molecule has 1 heterocycles. The third kappa shape index (κ3) is 6.48. The first-order valence-corrected chi connectivity index (χ1v) is 8.78. The van der Waals surface area contributed by atoms with Crippen LogP contribution in [0.1, 0.15) is 53.4 Å². The summed E-state index contributed by atoms with van der Waals surface area (Å²) >= 11 is 6.54. The second kappa shape index (κ2) is 8.11. The second-order valence-corrected chi connectivity index (χ2v) is 8.67. The van der Waals surface area contributed by atoms with Crippen LogP contribution in [0.2, 0.25) is 0 Å². The zero-order chi connectivity index (χ0) is 16.9. The number of rotatable bonds is 7. The van der Waals surface area contributed by atoms with Crippen molar-refractivity contribution < 1.29 is 14.7 Å². The van der Waals surface area contributed by atoms with Crippen molar-refractivity contribution in [2.24, 2.45) is 11.3 Å². The molecule has 1 saturated heterocycles. The van der Waals surface area contributed by atoms with Gasteiger partial charge in [0.2, 0.25) is 0 Å². The molecule has 0 aromatic heterocycles. The number of hydrogen-bond donors (Lipinski definition) is 1. The van der Waals surface area contributed by atoms with Gasteiger partial charge in [-0.05, 0) is 30.6 Å². The quantitative estimate of drug-likeness (QED) is 0.558. The van der Waals surface area contributed by atoms with Crippen LogP contribution >= 0.6 is 24.0 Å². The molecule has 1 atom stereocenters. The van der Waals surface area contributed by atoms with Crippen LogP contribution < -0.4 is 0 Å². The van der Waals surface area contributed by atoms with Gasteiger partial charge in [-0.2, -0.15) is 0 Å². The van der Waals surface area contributed by atoms with E-state index in [-0.39, 0.29) is 17.7 Å². The van der Waals surface area contributed by atoms with Crippen molar-refractivity contribution >= 4 is 40.2 Å². The monoisotopic (exact) mass is 343 g/mol. The van der Waals surface area contributed by atoms with E-state index in [4.69, 9.17) is 17.3 Å². The molecule has 6 heteroatoms. The molecule has 0 aromatic rings. The number of thioether (sulfide) groups is 1. The smallest absolute Gasteiger partial charge is 0.303 e. The van der Waals surface area contributed by atoms with Crippen molar-refractivity contribution in [1.29, 1.82) is 0 Å². The number of thiocarbonyl (C=S) groups is 1. The minimum atomic E-state index is -0.850. The molecule has 0 radical (unpaired) electrons. The van der Waals surface area contributed by atoms with Gasteiger partial charge in [0.25, 0.3) is 5.91 Å². The molecule has 22 heavy (non-hydrogen) atoms. The Labute approximate surface area is 142 Å². The van der Waals surface area contributed by atoms with Crippen molar-refractivity contribution in [2.45, 2.75) is 53.4 Å². The molecule has 0 bridgehead atoms. The normalized spacial score (nSPS) is 19.1. The lowest BCUT2D eigenvalue weighted by atomic mass is 9.84. The van der Waals surface area contributed by atoms with E-state index in [0.717, 1.165) is 12.8 Å². The van der Waals surface area contributed by atoms with Gasteiger partial charge < -0.3 is 5.11 Å². The van der Waals surface area contributed by atoms with Gasteiger partial charge in [-0.15, -0.1) is 0 Å². The summed E-state index contributed by atoms with van der Waals surface area (Å²) in [4.78, 5) is 25.0. The number of carboxylic acid groups (broad SMARTS) is 1. The van der Waals surface area contributed by atoms with Crippen molar-refractivity contribution in [3.05, 3.63) is 11.0 Å². The number of carbonyl (C=O) groups excluding carboxylic acids is 1. The number of hydrogen-bond acceptors (Lipinski definition) is 4. The fourth-order valence-electron chi connectivity index (χ4n) is 2.56. The predicted molar refractivity (Wildman–Crippen MR) is 94.7 cm³/mol. The van der Waals surface area contributed by atoms with E-state index in [2.05, 4.69) is 27.7 Å². The van der Waals surface area contributed by atoms with Crippen LogP contribution in [0.15, 0.2) is 11.0 Å². The van der Waals surface area contributed by atoms with E-state index in [1.54, 1.807) is 0 Å². The molecule has 0 saturated carbocycles. The van der Waals surface area contributed by atoms with Gasteiger partial charge in [0.1, 0.15) is 4.32 Å². The average molecular weight is 344 g/mol. The molecule has 0 aromatic carbocycles. The standard InChI is InChI=1S/C16H25NO3S2/c1-11(10-16(2,3)4)7-8-12-14(20)17(15(21)22-12)9-5-6-13(18)19/h8,11H,5-7,9-10H2,1-4H3,(H,18,19)/b12-8-. The molecule has 0 spiro atoms. The molecule has 4 nitrogen and oxygen atoms in total. The van der Waals surface area contributed by atoms with Crippen LogP contribution in [-0.2, 0) is 9.59 Å². The number of amides is 1. The highest BCUT2D eigenvalue weighted by atomic mass is 32.2. The first-order chi connectivity index (χ1) is 10.1. The van der Waals surface area contributed by atoms with E-state index in [0.29, 0.717) is 28.1 Å². The highest BCUT2D eigenvalue weighted by molar-refractivity contribution is 8.26. The van der Waals surface area contributed by atoms with E-state index in [1.807, 2.05) is 6.08 Å². The zero-order valence-electron chi connectivity index (χ0n) is 13.7. The Morgan fingerprint density at radius 2 is 2.09 bits per heavy atom. The Hall–Kier alpha value is -0.880. The maximum absolute atomic E-state index is 12.3. The fraction of sp³-hybridized carbons (Fsp3) is 0.688. The average Bonchev–Trinajstić information content (AvgIpc) is 2.61. The summed E-state index contributed by atoms with van der Waals surface area (Å²) in [6, 6.07) is 0. The molecule has 1 N–H and O–H groups in total. The van der Waals surface area contributed by atoms with Gasteiger partial charge in [0.15, 0.2) is 0 Å². The SMILES string of the molecule is CC(C/C=C1\SC(=S)N(CCCC(=O)O)C1=O)CC(C)(C)C. The Kier molecular flexibility index (Phi) is 7.06. The Balaban J connectivity index is 2.55. The Morgan fingerprint density at radius 1 is 1.45 bits per heavy atom. The number of carbonyl (C=O) groups is 2. The lowest BCUT2D eigenvalue weighted by molar-refractivity contribution is -0.137. The molecule has 1 aliphatic rings. The summed E-state index contributed by atoms with van der Waals surface area (Å²) < 4.78 is 0.533. The van der Waals surface area contributed by atoms with E-state index in [1.165, 1.54) is 16.7 Å². The van der Waals surface area contributed by atoms with E-state index < -0.39 is 5.97 Å². The van der Waals surface area contributed by atoms with Gasteiger partial charge in [0, 0.05) is 13.0 Å². The van der Waals surface area contributed by atoms with Crippen LogP contribution in [0.4, 0.5) is 0 Å². The van der Waals surface area contributed by atoms with Gasteiger partial charge in [-0.1, -0.05) is 57.8 Å². The van der Waals surface area contributed by atoms with Crippen LogP contribution in [0.3, 0.4) is 0 Å². The summed E-state index contributed by atoms with van der Waals surface area (Å²) in [7, 11) is 0. The first kappa shape index (κ1) is 19.2.